The number of carbonyl (C=O) groups excluding carboxylic acids is 3. The lowest BCUT2D eigenvalue weighted by Gasteiger charge is -2.40. The number of para-hydroxylation sites is 1. The molecule has 1 atom stereocenters. The van der Waals surface area contributed by atoms with Gasteiger partial charge in [0.1, 0.15) is 11.6 Å². The Balaban J connectivity index is 1.82. The molecule has 4 rings (SSSR count). The van der Waals surface area contributed by atoms with Gasteiger partial charge in [-0.15, -0.1) is 0 Å². The molecule has 0 saturated heterocycles. The summed E-state index contributed by atoms with van der Waals surface area (Å²) in [6, 6.07) is 18.5. The molecule has 0 fully saturated rings. The first kappa shape index (κ1) is 29.5. The normalized spacial score (nSPS) is 12.6. The summed E-state index contributed by atoms with van der Waals surface area (Å²) < 4.78 is 28.7. The van der Waals surface area contributed by atoms with E-state index in [0.717, 1.165) is 22.0 Å². The number of aromatic nitrogens is 1. The van der Waals surface area contributed by atoms with Crippen molar-refractivity contribution in [3.63, 3.8) is 0 Å². The molecular formula is C31H34N4O5S. The number of fused-ring (bicyclic) bond motifs is 1. The van der Waals surface area contributed by atoms with Crippen LogP contribution in [0.2, 0.25) is 0 Å². The summed E-state index contributed by atoms with van der Waals surface area (Å²) in [7, 11) is -3.15. The Hall–Kier alpha value is -4.44. The van der Waals surface area contributed by atoms with Crippen molar-refractivity contribution in [1.29, 1.82) is 0 Å². The topological polar surface area (TPSA) is 134 Å². The zero-order valence-electron chi connectivity index (χ0n) is 23.7. The van der Waals surface area contributed by atoms with Gasteiger partial charge < -0.3 is 15.6 Å². The minimum Gasteiger partial charge on any atom is -0.368 e. The van der Waals surface area contributed by atoms with Crippen LogP contribution in [0.3, 0.4) is 0 Å². The molecule has 1 heterocycles. The molecule has 0 unspecified atom stereocenters. The van der Waals surface area contributed by atoms with Gasteiger partial charge in [0.25, 0.3) is 21.8 Å². The van der Waals surface area contributed by atoms with Crippen LogP contribution in [0.5, 0.6) is 0 Å². The number of amides is 3. The number of H-pyrrole nitrogens is 1. The fourth-order valence-electron chi connectivity index (χ4n) is 4.89. The highest BCUT2D eigenvalue weighted by atomic mass is 32.2. The molecule has 0 aliphatic rings. The molecule has 3 aromatic carbocycles. The van der Waals surface area contributed by atoms with Crippen molar-refractivity contribution >= 4 is 38.6 Å². The maximum absolute atomic E-state index is 14.4. The predicted octanol–water partition coefficient (Wildman–Crippen LogP) is 3.95. The molecule has 0 radical (unpaired) electrons. The van der Waals surface area contributed by atoms with Gasteiger partial charge in [0.15, 0.2) is 0 Å². The minimum atomic E-state index is -4.59. The van der Waals surface area contributed by atoms with Gasteiger partial charge >= 0.3 is 0 Å². The van der Waals surface area contributed by atoms with Crippen LogP contribution in [0, 0.1) is 13.8 Å². The number of benzene rings is 3. The standard InChI is InChI=1S/C31H34N4O5S/c1-20-15-21(2)17-22(16-20)29(37)34(5)31(3,4)30(38)35(41(39,40)24-11-7-6-8-12-24)27(28(32)36)18-23-19-33-26-14-10-9-13-25(23)26/h6-17,19,27,33H,18H2,1-5H3,(H2,32,36)/t27-/m0/s1. The van der Waals surface area contributed by atoms with Crippen molar-refractivity contribution < 1.29 is 22.8 Å². The second-order valence-electron chi connectivity index (χ2n) is 10.7. The van der Waals surface area contributed by atoms with E-state index in [2.05, 4.69) is 4.98 Å². The average molecular weight is 575 g/mol. The quantitative estimate of drug-likeness (QED) is 0.312. The van der Waals surface area contributed by atoms with Crippen molar-refractivity contribution in [2.75, 3.05) is 7.05 Å². The summed E-state index contributed by atoms with van der Waals surface area (Å²) in [5.74, 6) is -2.44. The number of sulfonamides is 1. The Bertz CT molecular complexity index is 1710. The summed E-state index contributed by atoms with van der Waals surface area (Å²) in [5, 5.41) is 0.768. The number of hydrogen-bond donors (Lipinski definition) is 2. The Morgan fingerprint density at radius 3 is 2.12 bits per heavy atom. The van der Waals surface area contributed by atoms with Crippen LogP contribution in [-0.4, -0.2) is 59.0 Å². The van der Waals surface area contributed by atoms with E-state index in [1.54, 1.807) is 24.4 Å². The summed E-state index contributed by atoms with van der Waals surface area (Å²) in [6.07, 6.45) is 1.50. The van der Waals surface area contributed by atoms with Gasteiger partial charge in [-0.3, -0.25) is 14.4 Å². The zero-order valence-corrected chi connectivity index (χ0v) is 24.5. The Labute approximate surface area is 240 Å². The van der Waals surface area contributed by atoms with E-state index in [0.29, 0.717) is 15.4 Å². The third-order valence-electron chi connectivity index (χ3n) is 7.34. The van der Waals surface area contributed by atoms with Gasteiger partial charge in [0.05, 0.1) is 4.90 Å². The SMILES string of the molecule is Cc1cc(C)cc(C(=O)N(C)C(C)(C)C(=O)N([C@@H](Cc2c[nH]c3ccccc23)C(N)=O)S(=O)(=O)c2ccccc2)c1. The van der Waals surface area contributed by atoms with E-state index in [-0.39, 0.29) is 11.3 Å². The van der Waals surface area contributed by atoms with Crippen LogP contribution < -0.4 is 5.73 Å². The fraction of sp³-hybridized carbons (Fsp3) is 0.258. The van der Waals surface area contributed by atoms with E-state index in [4.69, 9.17) is 5.73 Å². The smallest absolute Gasteiger partial charge is 0.267 e. The van der Waals surface area contributed by atoms with E-state index >= 15 is 0 Å². The van der Waals surface area contributed by atoms with E-state index < -0.39 is 39.3 Å². The number of likely N-dealkylation sites (N-methyl/N-ethyl adjacent to an activating group) is 1. The van der Waals surface area contributed by atoms with Gasteiger partial charge in [-0.1, -0.05) is 53.6 Å². The van der Waals surface area contributed by atoms with Crippen molar-refractivity contribution in [1.82, 2.24) is 14.2 Å². The molecule has 3 amide bonds. The van der Waals surface area contributed by atoms with E-state index in [9.17, 15) is 22.8 Å². The van der Waals surface area contributed by atoms with Gasteiger partial charge in [-0.2, -0.15) is 0 Å². The summed E-state index contributed by atoms with van der Waals surface area (Å²) in [4.78, 5) is 45.0. The summed E-state index contributed by atoms with van der Waals surface area (Å²) in [6.45, 7) is 6.62. The maximum Gasteiger partial charge on any atom is 0.267 e. The van der Waals surface area contributed by atoms with Gasteiger partial charge in [0.2, 0.25) is 5.91 Å². The molecule has 0 aliphatic heterocycles. The minimum absolute atomic E-state index is 0.165. The molecule has 41 heavy (non-hydrogen) atoms. The molecule has 0 saturated carbocycles. The highest BCUT2D eigenvalue weighted by Crippen LogP contribution is 2.29. The number of aromatic amines is 1. The van der Waals surface area contributed by atoms with Crippen LogP contribution in [-0.2, 0) is 26.0 Å². The zero-order chi connectivity index (χ0) is 30.1. The monoisotopic (exact) mass is 574 g/mol. The predicted molar refractivity (Wildman–Crippen MR) is 158 cm³/mol. The number of aryl methyl sites for hydroxylation is 2. The second kappa shape index (κ2) is 11.2. The van der Waals surface area contributed by atoms with Gasteiger partial charge in [-0.05, 0) is 63.6 Å². The van der Waals surface area contributed by atoms with Gasteiger partial charge in [0, 0.05) is 36.1 Å². The fourth-order valence-corrected chi connectivity index (χ4v) is 6.57. The van der Waals surface area contributed by atoms with E-state index in [1.165, 1.54) is 50.1 Å². The Morgan fingerprint density at radius 2 is 1.51 bits per heavy atom. The van der Waals surface area contributed by atoms with Crippen LogP contribution in [0.25, 0.3) is 10.9 Å². The Kier molecular flexibility index (Phi) is 8.08. The van der Waals surface area contributed by atoms with Crippen LogP contribution >= 0.6 is 0 Å². The van der Waals surface area contributed by atoms with Crippen molar-refractivity contribution in [3.8, 4) is 0 Å². The molecule has 1 aromatic heterocycles. The number of nitrogens with zero attached hydrogens (tertiary/aromatic N) is 2. The van der Waals surface area contributed by atoms with Crippen molar-refractivity contribution in [2.24, 2.45) is 5.73 Å². The highest BCUT2D eigenvalue weighted by Gasteiger charge is 2.47. The number of primary amides is 1. The van der Waals surface area contributed by atoms with Gasteiger partial charge in [-0.25, -0.2) is 12.7 Å². The third-order valence-corrected chi connectivity index (χ3v) is 9.14. The highest BCUT2D eigenvalue weighted by molar-refractivity contribution is 7.89. The third kappa shape index (κ3) is 5.74. The lowest BCUT2D eigenvalue weighted by atomic mass is 9.97. The van der Waals surface area contributed by atoms with Crippen molar-refractivity contribution in [2.45, 2.75) is 50.6 Å². The second-order valence-corrected chi connectivity index (χ2v) is 12.5. The largest absolute Gasteiger partial charge is 0.368 e. The first-order chi connectivity index (χ1) is 19.2. The lowest BCUT2D eigenvalue weighted by Crippen LogP contribution is -2.62. The summed E-state index contributed by atoms with van der Waals surface area (Å²) in [5.41, 5.74) is 7.63. The molecule has 4 aromatic rings. The molecule has 214 valence electrons. The van der Waals surface area contributed by atoms with E-state index in [1.807, 2.05) is 44.2 Å². The summed E-state index contributed by atoms with van der Waals surface area (Å²) >= 11 is 0. The molecule has 0 aliphatic carbocycles. The number of rotatable bonds is 9. The van der Waals surface area contributed by atoms with Crippen molar-refractivity contribution in [3.05, 3.63) is 101 Å². The molecule has 3 N–H and O–H groups in total. The lowest BCUT2D eigenvalue weighted by molar-refractivity contribution is -0.140. The van der Waals surface area contributed by atoms with Crippen LogP contribution in [0.4, 0.5) is 0 Å². The first-order valence-electron chi connectivity index (χ1n) is 13.1. The maximum atomic E-state index is 14.4. The van der Waals surface area contributed by atoms with Crippen LogP contribution in [0.1, 0.15) is 40.9 Å². The van der Waals surface area contributed by atoms with Crippen LogP contribution in [0.15, 0.2) is 83.9 Å². The first-order valence-corrected chi connectivity index (χ1v) is 14.5. The molecule has 0 bridgehead atoms. The number of nitrogens with one attached hydrogen (secondary N) is 1. The number of nitrogens with two attached hydrogens (primary N) is 1. The number of hydrogen-bond acceptors (Lipinski definition) is 5. The average Bonchev–Trinajstić information content (AvgIpc) is 3.34. The molecule has 9 nitrogen and oxygen atoms in total. The molecule has 0 spiro atoms. The molecule has 10 heteroatoms. The Morgan fingerprint density at radius 1 is 0.927 bits per heavy atom. The molecular weight excluding hydrogens is 540 g/mol. The number of carbonyl (C=O) groups is 3.